The van der Waals surface area contributed by atoms with Crippen molar-refractivity contribution in [1.29, 1.82) is 0 Å². The maximum atomic E-state index is 5.70. The Morgan fingerprint density at radius 1 is 1.16 bits per heavy atom. The molecule has 0 aliphatic carbocycles. The van der Waals surface area contributed by atoms with Crippen molar-refractivity contribution in [3.63, 3.8) is 0 Å². The molecule has 0 radical (unpaired) electrons. The summed E-state index contributed by atoms with van der Waals surface area (Å²) in [4.78, 5) is 2.38. The number of nitrogens with zero attached hydrogens (tertiary/aromatic N) is 1. The molecule has 0 aromatic heterocycles. The van der Waals surface area contributed by atoms with Crippen molar-refractivity contribution < 1.29 is 9.47 Å². The Labute approximate surface area is 115 Å². The third-order valence-corrected chi connectivity index (χ3v) is 3.46. The molecule has 0 atom stereocenters. The van der Waals surface area contributed by atoms with Crippen LogP contribution in [-0.4, -0.2) is 44.4 Å². The molecular formula is C16H23NO2. The van der Waals surface area contributed by atoms with E-state index in [1.54, 1.807) is 0 Å². The van der Waals surface area contributed by atoms with Gasteiger partial charge in [0, 0.05) is 19.6 Å². The number of morpholine rings is 1. The monoisotopic (exact) mass is 261 g/mol. The zero-order chi connectivity index (χ0) is 13.5. The average molecular weight is 261 g/mol. The third kappa shape index (κ3) is 4.69. The molecule has 1 fully saturated rings. The molecule has 0 amide bonds. The summed E-state index contributed by atoms with van der Waals surface area (Å²) in [5.74, 6) is 0.944. The first-order valence-electron chi connectivity index (χ1n) is 6.91. The summed E-state index contributed by atoms with van der Waals surface area (Å²) in [5, 5.41) is 0. The van der Waals surface area contributed by atoms with Crippen LogP contribution in [0.2, 0.25) is 0 Å². The molecule has 3 nitrogen and oxygen atoms in total. The van der Waals surface area contributed by atoms with E-state index in [9.17, 15) is 0 Å². The first-order chi connectivity index (χ1) is 9.25. The molecule has 0 saturated carbocycles. The van der Waals surface area contributed by atoms with Crippen molar-refractivity contribution in [3.05, 3.63) is 41.5 Å². The van der Waals surface area contributed by atoms with E-state index in [-0.39, 0.29) is 0 Å². The minimum Gasteiger partial charge on any atom is -0.490 e. The highest BCUT2D eigenvalue weighted by molar-refractivity contribution is 5.33. The Bertz CT molecular complexity index is 423. The second kappa shape index (κ2) is 7.31. The van der Waals surface area contributed by atoms with E-state index >= 15 is 0 Å². The lowest BCUT2D eigenvalue weighted by molar-refractivity contribution is 0.0434. The van der Waals surface area contributed by atoms with Crippen LogP contribution in [0.3, 0.4) is 0 Å². The van der Waals surface area contributed by atoms with Gasteiger partial charge in [-0.15, -0.1) is 0 Å². The van der Waals surface area contributed by atoms with Crippen LogP contribution in [0, 0.1) is 13.8 Å². The van der Waals surface area contributed by atoms with Gasteiger partial charge in [-0.2, -0.15) is 0 Å². The summed E-state index contributed by atoms with van der Waals surface area (Å²) in [6.07, 6.45) is 4.26. The molecule has 1 aliphatic heterocycles. The lowest BCUT2D eigenvalue weighted by Crippen LogP contribution is -2.36. The summed E-state index contributed by atoms with van der Waals surface area (Å²) in [5.41, 5.74) is 2.57. The molecule has 1 aliphatic rings. The Balaban J connectivity index is 1.69. The van der Waals surface area contributed by atoms with Crippen molar-refractivity contribution >= 4 is 0 Å². The zero-order valence-electron chi connectivity index (χ0n) is 11.9. The fraction of sp³-hybridized carbons (Fsp3) is 0.500. The molecule has 1 aromatic rings. The molecule has 1 heterocycles. The maximum Gasteiger partial charge on any atom is 0.120 e. The van der Waals surface area contributed by atoms with E-state index in [2.05, 4.69) is 43.0 Å². The van der Waals surface area contributed by atoms with Crippen LogP contribution >= 0.6 is 0 Å². The summed E-state index contributed by atoms with van der Waals surface area (Å²) in [7, 11) is 0. The van der Waals surface area contributed by atoms with Gasteiger partial charge in [0.1, 0.15) is 12.4 Å². The first-order valence-corrected chi connectivity index (χ1v) is 6.91. The molecule has 0 unspecified atom stereocenters. The molecule has 0 spiro atoms. The molecule has 1 saturated heterocycles. The molecule has 1 aromatic carbocycles. The predicted molar refractivity (Wildman–Crippen MR) is 77.8 cm³/mol. The molecular weight excluding hydrogens is 238 g/mol. The van der Waals surface area contributed by atoms with Gasteiger partial charge in [0.15, 0.2) is 0 Å². The van der Waals surface area contributed by atoms with Crippen LogP contribution < -0.4 is 4.74 Å². The average Bonchev–Trinajstić information content (AvgIpc) is 2.43. The quantitative estimate of drug-likeness (QED) is 0.760. The van der Waals surface area contributed by atoms with Gasteiger partial charge in [0.2, 0.25) is 0 Å². The highest BCUT2D eigenvalue weighted by Crippen LogP contribution is 2.16. The lowest BCUT2D eigenvalue weighted by Gasteiger charge is -2.25. The van der Waals surface area contributed by atoms with Gasteiger partial charge in [-0.3, -0.25) is 4.90 Å². The highest BCUT2D eigenvalue weighted by atomic mass is 16.5. The van der Waals surface area contributed by atoms with E-state index in [1.807, 2.05) is 6.07 Å². The van der Waals surface area contributed by atoms with Gasteiger partial charge < -0.3 is 9.47 Å². The standard InChI is InChI=1S/C16H23NO2/c1-14-5-6-16(13-15(14)2)19-10-4-3-7-17-8-11-18-12-9-17/h3-6,13H,7-12H2,1-2H3/b4-3+. The highest BCUT2D eigenvalue weighted by Gasteiger charge is 2.07. The Morgan fingerprint density at radius 3 is 2.68 bits per heavy atom. The number of ether oxygens (including phenoxy) is 2. The Kier molecular flexibility index (Phi) is 5.43. The van der Waals surface area contributed by atoms with Gasteiger partial charge in [0.05, 0.1) is 13.2 Å². The van der Waals surface area contributed by atoms with Gasteiger partial charge in [-0.25, -0.2) is 0 Å². The fourth-order valence-electron chi connectivity index (χ4n) is 2.02. The van der Waals surface area contributed by atoms with Crippen LogP contribution in [0.1, 0.15) is 11.1 Å². The van der Waals surface area contributed by atoms with Crippen LogP contribution in [0.4, 0.5) is 0 Å². The number of rotatable bonds is 5. The van der Waals surface area contributed by atoms with Crippen molar-refractivity contribution in [1.82, 2.24) is 4.90 Å². The molecule has 0 N–H and O–H groups in total. The molecule has 19 heavy (non-hydrogen) atoms. The smallest absolute Gasteiger partial charge is 0.120 e. The van der Waals surface area contributed by atoms with Crippen molar-refractivity contribution in [2.45, 2.75) is 13.8 Å². The van der Waals surface area contributed by atoms with E-state index in [0.29, 0.717) is 6.61 Å². The van der Waals surface area contributed by atoms with Crippen LogP contribution in [0.15, 0.2) is 30.4 Å². The third-order valence-electron chi connectivity index (χ3n) is 3.46. The van der Waals surface area contributed by atoms with Crippen molar-refractivity contribution in [3.8, 4) is 5.75 Å². The van der Waals surface area contributed by atoms with Gasteiger partial charge >= 0.3 is 0 Å². The van der Waals surface area contributed by atoms with E-state index in [1.165, 1.54) is 11.1 Å². The summed E-state index contributed by atoms with van der Waals surface area (Å²) >= 11 is 0. The summed E-state index contributed by atoms with van der Waals surface area (Å²) in [6, 6.07) is 6.21. The van der Waals surface area contributed by atoms with Crippen molar-refractivity contribution in [2.24, 2.45) is 0 Å². The van der Waals surface area contributed by atoms with E-state index < -0.39 is 0 Å². The van der Waals surface area contributed by atoms with Crippen LogP contribution in [0.25, 0.3) is 0 Å². The molecule has 2 rings (SSSR count). The predicted octanol–water partition coefficient (Wildman–Crippen LogP) is 2.57. The van der Waals surface area contributed by atoms with Gasteiger partial charge in [-0.05, 0) is 37.1 Å². The minimum atomic E-state index is 0.632. The van der Waals surface area contributed by atoms with E-state index in [0.717, 1.165) is 38.6 Å². The normalized spacial score (nSPS) is 16.9. The van der Waals surface area contributed by atoms with Crippen molar-refractivity contribution in [2.75, 3.05) is 39.5 Å². The molecule has 104 valence electrons. The largest absolute Gasteiger partial charge is 0.490 e. The van der Waals surface area contributed by atoms with Crippen LogP contribution in [-0.2, 0) is 4.74 Å². The summed E-state index contributed by atoms with van der Waals surface area (Å²) < 4.78 is 11.0. The Morgan fingerprint density at radius 2 is 1.95 bits per heavy atom. The number of benzene rings is 1. The number of hydrogen-bond acceptors (Lipinski definition) is 3. The molecule has 0 bridgehead atoms. The van der Waals surface area contributed by atoms with E-state index in [4.69, 9.17) is 9.47 Å². The fourth-order valence-corrected chi connectivity index (χ4v) is 2.02. The second-order valence-corrected chi connectivity index (χ2v) is 4.94. The van der Waals surface area contributed by atoms with Crippen LogP contribution in [0.5, 0.6) is 5.75 Å². The SMILES string of the molecule is Cc1ccc(OC/C=C/CN2CCOCC2)cc1C. The number of aryl methyl sites for hydroxylation is 2. The minimum absolute atomic E-state index is 0.632. The first kappa shape index (κ1) is 14.1. The number of hydrogen-bond donors (Lipinski definition) is 0. The summed E-state index contributed by atoms with van der Waals surface area (Å²) in [6.45, 7) is 9.61. The zero-order valence-corrected chi connectivity index (χ0v) is 11.9. The van der Waals surface area contributed by atoms with Gasteiger partial charge in [-0.1, -0.05) is 18.2 Å². The lowest BCUT2D eigenvalue weighted by atomic mass is 10.1. The van der Waals surface area contributed by atoms with Gasteiger partial charge in [0.25, 0.3) is 0 Å². The maximum absolute atomic E-state index is 5.70. The Hall–Kier alpha value is -1.32. The molecule has 3 heteroatoms. The topological polar surface area (TPSA) is 21.7 Å². The second-order valence-electron chi connectivity index (χ2n) is 4.94.